The molecule has 1 fully saturated rings. The number of nitrogens with zero attached hydrogens (tertiary/aromatic N) is 4. The standard InChI is InChI=1S/C14H22F3N5O/c1-11-8-21(5-6-22(11)10-14(15,16)17)13(23)18-4-3-12-7-19-20(2)9-12/h7,9,11H,3-6,8,10H2,1-2H3,(H,18,23)/t11-/m1/s1. The van der Waals surface area contributed by atoms with E-state index in [1.807, 2.05) is 13.2 Å². The largest absolute Gasteiger partial charge is 0.401 e. The molecule has 2 amide bonds. The topological polar surface area (TPSA) is 53.4 Å². The summed E-state index contributed by atoms with van der Waals surface area (Å²) in [4.78, 5) is 15.0. The third-order valence-corrected chi connectivity index (χ3v) is 3.88. The Morgan fingerprint density at radius 2 is 2.17 bits per heavy atom. The second-order valence-electron chi connectivity index (χ2n) is 5.88. The SMILES string of the molecule is C[C@@H]1CN(C(=O)NCCc2cnn(C)c2)CCN1CC(F)(F)F. The van der Waals surface area contributed by atoms with Gasteiger partial charge in [-0.05, 0) is 18.9 Å². The van der Waals surface area contributed by atoms with Crippen molar-refractivity contribution in [1.82, 2.24) is 24.9 Å². The van der Waals surface area contributed by atoms with Crippen molar-refractivity contribution in [3.63, 3.8) is 0 Å². The molecule has 0 saturated carbocycles. The minimum absolute atomic E-state index is 0.229. The molecule has 0 bridgehead atoms. The number of aryl methyl sites for hydroxylation is 1. The predicted octanol–water partition coefficient (Wildman–Crippen LogP) is 1.24. The summed E-state index contributed by atoms with van der Waals surface area (Å²) in [6.45, 7) is 2.10. The van der Waals surface area contributed by atoms with Crippen molar-refractivity contribution < 1.29 is 18.0 Å². The van der Waals surface area contributed by atoms with Gasteiger partial charge in [0.1, 0.15) is 0 Å². The fourth-order valence-corrected chi connectivity index (χ4v) is 2.67. The van der Waals surface area contributed by atoms with Crippen LogP contribution in [-0.2, 0) is 13.5 Å². The van der Waals surface area contributed by atoms with Crippen molar-refractivity contribution in [2.24, 2.45) is 7.05 Å². The van der Waals surface area contributed by atoms with E-state index in [9.17, 15) is 18.0 Å². The van der Waals surface area contributed by atoms with Crippen LogP contribution in [0.5, 0.6) is 0 Å². The normalized spacial score (nSPS) is 19.9. The number of alkyl halides is 3. The van der Waals surface area contributed by atoms with E-state index in [0.717, 1.165) is 5.56 Å². The van der Waals surface area contributed by atoms with E-state index in [0.29, 0.717) is 26.1 Å². The van der Waals surface area contributed by atoms with Gasteiger partial charge in [0, 0.05) is 45.5 Å². The lowest BCUT2D eigenvalue weighted by atomic mass is 10.2. The molecule has 6 nitrogen and oxygen atoms in total. The van der Waals surface area contributed by atoms with Gasteiger partial charge in [0.2, 0.25) is 0 Å². The Bertz CT molecular complexity index is 531. The predicted molar refractivity (Wildman–Crippen MR) is 79.0 cm³/mol. The molecule has 1 saturated heterocycles. The van der Waals surface area contributed by atoms with Gasteiger partial charge in [0.15, 0.2) is 0 Å². The van der Waals surface area contributed by atoms with Gasteiger partial charge in [-0.15, -0.1) is 0 Å². The summed E-state index contributed by atoms with van der Waals surface area (Å²) in [5.41, 5.74) is 1.02. The van der Waals surface area contributed by atoms with Gasteiger partial charge in [0.05, 0.1) is 12.7 Å². The first-order valence-corrected chi connectivity index (χ1v) is 7.56. The quantitative estimate of drug-likeness (QED) is 0.902. The molecule has 0 aromatic carbocycles. The molecule has 2 heterocycles. The van der Waals surface area contributed by atoms with E-state index in [2.05, 4.69) is 10.4 Å². The van der Waals surface area contributed by atoms with Crippen LogP contribution in [0.15, 0.2) is 12.4 Å². The molecule has 1 aliphatic rings. The number of urea groups is 1. The summed E-state index contributed by atoms with van der Waals surface area (Å²) in [7, 11) is 1.82. The number of nitrogens with one attached hydrogen (secondary N) is 1. The number of hydrogen-bond donors (Lipinski definition) is 1. The number of hydrogen-bond acceptors (Lipinski definition) is 3. The fourth-order valence-electron chi connectivity index (χ4n) is 2.67. The minimum Gasteiger partial charge on any atom is -0.338 e. The molecule has 0 aliphatic carbocycles. The highest BCUT2D eigenvalue weighted by Gasteiger charge is 2.35. The zero-order valence-electron chi connectivity index (χ0n) is 13.3. The van der Waals surface area contributed by atoms with Crippen LogP contribution < -0.4 is 5.32 Å². The lowest BCUT2D eigenvalue weighted by Crippen LogP contribution is -2.57. The monoisotopic (exact) mass is 333 g/mol. The van der Waals surface area contributed by atoms with Crippen LogP contribution in [0.3, 0.4) is 0 Å². The fraction of sp³-hybridized carbons (Fsp3) is 0.714. The van der Waals surface area contributed by atoms with Crippen molar-refractivity contribution >= 4 is 6.03 Å². The Labute approximate surface area is 133 Å². The van der Waals surface area contributed by atoms with E-state index < -0.39 is 12.7 Å². The number of piperazine rings is 1. The smallest absolute Gasteiger partial charge is 0.338 e. The van der Waals surface area contributed by atoms with Gasteiger partial charge in [-0.1, -0.05) is 0 Å². The van der Waals surface area contributed by atoms with Crippen LogP contribution in [0.1, 0.15) is 12.5 Å². The zero-order chi connectivity index (χ0) is 17.0. The highest BCUT2D eigenvalue weighted by Crippen LogP contribution is 2.20. The number of rotatable bonds is 4. The van der Waals surface area contributed by atoms with Crippen molar-refractivity contribution in [3.05, 3.63) is 18.0 Å². The molecule has 2 rings (SSSR count). The molecule has 0 unspecified atom stereocenters. The molecule has 9 heteroatoms. The average molecular weight is 333 g/mol. The third kappa shape index (κ3) is 5.42. The first kappa shape index (κ1) is 17.6. The van der Waals surface area contributed by atoms with Gasteiger partial charge in [-0.3, -0.25) is 9.58 Å². The Morgan fingerprint density at radius 1 is 1.43 bits per heavy atom. The minimum atomic E-state index is -4.21. The highest BCUT2D eigenvalue weighted by atomic mass is 19.4. The van der Waals surface area contributed by atoms with E-state index in [-0.39, 0.29) is 18.6 Å². The Balaban J connectivity index is 1.74. The van der Waals surface area contributed by atoms with Crippen molar-refractivity contribution in [1.29, 1.82) is 0 Å². The summed E-state index contributed by atoms with van der Waals surface area (Å²) in [5, 5.41) is 6.85. The summed E-state index contributed by atoms with van der Waals surface area (Å²) >= 11 is 0. The maximum atomic E-state index is 12.5. The molecule has 0 radical (unpaired) electrons. The van der Waals surface area contributed by atoms with Crippen LogP contribution in [0, 0.1) is 0 Å². The van der Waals surface area contributed by atoms with Gasteiger partial charge in [-0.25, -0.2) is 4.79 Å². The highest BCUT2D eigenvalue weighted by molar-refractivity contribution is 5.74. The summed E-state index contributed by atoms with van der Waals surface area (Å²) in [5.74, 6) is 0. The summed E-state index contributed by atoms with van der Waals surface area (Å²) < 4.78 is 39.1. The van der Waals surface area contributed by atoms with Crippen LogP contribution in [0.4, 0.5) is 18.0 Å². The Hall–Kier alpha value is -1.77. The molecule has 1 atom stereocenters. The van der Waals surface area contributed by atoms with E-state index >= 15 is 0 Å². The van der Waals surface area contributed by atoms with Gasteiger partial charge in [0.25, 0.3) is 0 Å². The number of amides is 2. The average Bonchev–Trinajstić information content (AvgIpc) is 2.85. The Morgan fingerprint density at radius 3 is 2.74 bits per heavy atom. The number of aromatic nitrogens is 2. The molecule has 1 aromatic heterocycles. The number of halogens is 3. The molecular formula is C14H22F3N5O. The molecule has 1 N–H and O–H groups in total. The number of carbonyl (C=O) groups excluding carboxylic acids is 1. The van der Waals surface area contributed by atoms with Crippen molar-refractivity contribution in [3.8, 4) is 0 Å². The van der Waals surface area contributed by atoms with E-state index in [4.69, 9.17) is 0 Å². The summed E-state index contributed by atoms with van der Waals surface area (Å²) in [6.07, 6.45) is 0.0832. The maximum Gasteiger partial charge on any atom is 0.401 e. The van der Waals surface area contributed by atoms with Crippen LogP contribution in [-0.4, -0.2) is 70.6 Å². The zero-order valence-corrected chi connectivity index (χ0v) is 13.3. The van der Waals surface area contributed by atoms with Gasteiger partial charge in [-0.2, -0.15) is 18.3 Å². The molecule has 1 aromatic rings. The second kappa shape index (κ2) is 7.20. The Kier molecular flexibility index (Phi) is 5.51. The molecule has 0 spiro atoms. The molecule has 23 heavy (non-hydrogen) atoms. The third-order valence-electron chi connectivity index (χ3n) is 3.88. The first-order chi connectivity index (χ1) is 10.7. The molecule has 130 valence electrons. The van der Waals surface area contributed by atoms with Gasteiger partial charge < -0.3 is 10.2 Å². The van der Waals surface area contributed by atoms with Gasteiger partial charge >= 0.3 is 12.2 Å². The van der Waals surface area contributed by atoms with Crippen LogP contribution in [0.25, 0.3) is 0 Å². The maximum absolute atomic E-state index is 12.5. The second-order valence-corrected chi connectivity index (χ2v) is 5.88. The van der Waals surface area contributed by atoms with Crippen molar-refractivity contribution in [2.75, 3.05) is 32.7 Å². The van der Waals surface area contributed by atoms with E-state index in [1.165, 1.54) is 4.90 Å². The van der Waals surface area contributed by atoms with Crippen LogP contribution >= 0.6 is 0 Å². The molecule has 1 aliphatic heterocycles. The van der Waals surface area contributed by atoms with E-state index in [1.54, 1.807) is 22.7 Å². The lowest BCUT2D eigenvalue weighted by Gasteiger charge is -2.39. The summed E-state index contributed by atoms with van der Waals surface area (Å²) in [6, 6.07) is -0.540. The van der Waals surface area contributed by atoms with Crippen molar-refractivity contribution in [2.45, 2.75) is 25.6 Å². The number of carbonyl (C=O) groups is 1. The van der Waals surface area contributed by atoms with Crippen LogP contribution in [0.2, 0.25) is 0 Å². The lowest BCUT2D eigenvalue weighted by molar-refractivity contribution is -0.153. The first-order valence-electron chi connectivity index (χ1n) is 7.56. The molecular weight excluding hydrogens is 311 g/mol.